The van der Waals surface area contributed by atoms with E-state index in [9.17, 15) is 0 Å². The Morgan fingerprint density at radius 3 is 1.67 bits per heavy atom. The van der Waals surface area contributed by atoms with Crippen molar-refractivity contribution in [1.82, 2.24) is 5.43 Å². The summed E-state index contributed by atoms with van der Waals surface area (Å²) >= 11 is 0. The molecular weight excluding hydrogens is 114 g/mol. The summed E-state index contributed by atoms with van der Waals surface area (Å²) < 4.78 is 0. The standard InChI is InChI=1S/C6H17N3/c1-4(2)6(9-8)5(3)7/h4-6,9H,7-8H2,1-3H3. The summed E-state index contributed by atoms with van der Waals surface area (Å²) in [5.41, 5.74) is 8.28. The molecule has 56 valence electrons. The zero-order chi connectivity index (χ0) is 7.44. The average molecular weight is 131 g/mol. The second kappa shape index (κ2) is 3.82. The Balaban J connectivity index is 3.68. The maximum Gasteiger partial charge on any atom is 0.0382 e. The van der Waals surface area contributed by atoms with E-state index in [0.29, 0.717) is 5.92 Å². The quantitative estimate of drug-likeness (QED) is 0.368. The Bertz CT molecular complexity index is 62.7. The lowest BCUT2D eigenvalue weighted by atomic mass is 9.99. The van der Waals surface area contributed by atoms with Gasteiger partial charge in [0.25, 0.3) is 0 Å². The fraction of sp³-hybridized carbons (Fsp3) is 1.00. The predicted molar refractivity (Wildman–Crippen MR) is 39.6 cm³/mol. The van der Waals surface area contributed by atoms with Crippen molar-refractivity contribution in [1.29, 1.82) is 0 Å². The highest BCUT2D eigenvalue weighted by molar-refractivity contribution is 4.75. The van der Waals surface area contributed by atoms with Crippen molar-refractivity contribution in [2.24, 2.45) is 17.5 Å². The first-order chi connectivity index (χ1) is 4.09. The molecule has 2 atom stereocenters. The monoisotopic (exact) mass is 131 g/mol. The van der Waals surface area contributed by atoms with Crippen molar-refractivity contribution in [3.63, 3.8) is 0 Å². The van der Waals surface area contributed by atoms with E-state index in [4.69, 9.17) is 11.6 Å². The molecule has 0 saturated carbocycles. The van der Waals surface area contributed by atoms with Crippen LogP contribution in [0.3, 0.4) is 0 Å². The van der Waals surface area contributed by atoms with Gasteiger partial charge in [0.15, 0.2) is 0 Å². The first-order valence-electron chi connectivity index (χ1n) is 3.31. The van der Waals surface area contributed by atoms with Crippen LogP contribution in [0, 0.1) is 5.92 Å². The number of nitrogens with one attached hydrogen (secondary N) is 1. The van der Waals surface area contributed by atoms with E-state index in [1.165, 1.54) is 0 Å². The Labute approximate surface area is 56.8 Å². The number of hydrogen-bond donors (Lipinski definition) is 3. The second-order valence-corrected chi connectivity index (χ2v) is 2.80. The van der Waals surface area contributed by atoms with Gasteiger partial charge in [-0.25, -0.2) is 0 Å². The number of hydrogen-bond acceptors (Lipinski definition) is 3. The van der Waals surface area contributed by atoms with Crippen LogP contribution in [-0.4, -0.2) is 12.1 Å². The van der Waals surface area contributed by atoms with Crippen molar-refractivity contribution in [3.8, 4) is 0 Å². The van der Waals surface area contributed by atoms with Crippen LogP contribution in [0.5, 0.6) is 0 Å². The molecule has 0 amide bonds. The SMILES string of the molecule is CC(C)C(NN)C(C)N. The van der Waals surface area contributed by atoms with Gasteiger partial charge in [0.05, 0.1) is 0 Å². The predicted octanol–water partition coefficient (Wildman–Crippen LogP) is -0.178. The molecule has 9 heavy (non-hydrogen) atoms. The molecule has 0 bridgehead atoms. The molecule has 0 heterocycles. The number of hydrazine groups is 1. The fourth-order valence-corrected chi connectivity index (χ4v) is 0.951. The van der Waals surface area contributed by atoms with Crippen molar-refractivity contribution in [2.45, 2.75) is 32.9 Å². The smallest absolute Gasteiger partial charge is 0.0382 e. The summed E-state index contributed by atoms with van der Waals surface area (Å²) in [6, 6.07) is 0.347. The van der Waals surface area contributed by atoms with Crippen LogP contribution in [0.2, 0.25) is 0 Å². The number of nitrogens with two attached hydrogens (primary N) is 2. The van der Waals surface area contributed by atoms with Crippen LogP contribution >= 0.6 is 0 Å². The summed E-state index contributed by atoms with van der Waals surface area (Å²) in [6.45, 7) is 6.13. The van der Waals surface area contributed by atoms with Gasteiger partial charge in [-0.1, -0.05) is 13.8 Å². The van der Waals surface area contributed by atoms with Crippen molar-refractivity contribution in [2.75, 3.05) is 0 Å². The van der Waals surface area contributed by atoms with Crippen molar-refractivity contribution < 1.29 is 0 Å². The fourth-order valence-electron chi connectivity index (χ4n) is 0.951. The highest BCUT2D eigenvalue weighted by atomic mass is 15.2. The molecule has 3 nitrogen and oxygen atoms in total. The Hall–Kier alpha value is -0.120. The first kappa shape index (κ1) is 8.88. The summed E-state index contributed by atoms with van der Waals surface area (Å²) in [5.74, 6) is 5.74. The van der Waals surface area contributed by atoms with E-state index >= 15 is 0 Å². The zero-order valence-corrected chi connectivity index (χ0v) is 6.39. The molecule has 0 aliphatic rings. The van der Waals surface area contributed by atoms with Gasteiger partial charge in [-0.15, -0.1) is 0 Å². The van der Waals surface area contributed by atoms with Gasteiger partial charge in [0, 0.05) is 12.1 Å². The van der Waals surface area contributed by atoms with Crippen LogP contribution in [0.4, 0.5) is 0 Å². The molecule has 0 rings (SSSR count). The van der Waals surface area contributed by atoms with Gasteiger partial charge in [0.1, 0.15) is 0 Å². The van der Waals surface area contributed by atoms with Crippen LogP contribution in [0.15, 0.2) is 0 Å². The second-order valence-electron chi connectivity index (χ2n) is 2.80. The minimum atomic E-state index is 0.120. The lowest BCUT2D eigenvalue weighted by molar-refractivity contribution is 0.359. The average Bonchev–Trinajstić information content (AvgIpc) is 1.64. The third-order valence-corrected chi connectivity index (χ3v) is 1.48. The molecule has 0 aliphatic carbocycles. The molecule has 0 aromatic carbocycles. The van der Waals surface area contributed by atoms with Gasteiger partial charge in [-0.3, -0.25) is 11.3 Å². The Morgan fingerprint density at radius 1 is 1.22 bits per heavy atom. The van der Waals surface area contributed by atoms with Gasteiger partial charge in [-0.05, 0) is 12.8 Å². The molecule has 0 aliphatic heterocycles. The lowest BCUT2D eigenvalue weighted by Gasteiger charge is -2.23. The molecule has 0 spiro atoms. The van der Waals surface area contributed by atoms with Crippen LogP contribution in [-0.2, 0) is 0 Å². The molecule has 0 aromatic heterocycles. The van der Waals surface area contributed by atoms with E-state index in [-0.39, 0.29) is 12.1 Å². The first-order valence-corrected chi connectivity index (χ1v) is 3.31. The Morgan fingerprint density at radius 2 is 1.67 bits per heavy atom. The highest BCUT2D eigenvalue weighted by Gasteiger charge is 2.14. The van der Waals surface area contributed by atoms with E-state index in [1.807, 2.05) is 6.92 Å². The molecule has 3 heteroatoms. The number of rotatable bonds is 3. The Kier molecular flexibility index (Phi) is 3.77. The largest absolute Gasteiger partial charge is 0.326 e. The molecular formula is C6H17N3. The summed E-state index contributed by atoms with van der Waals surface area (Å²) in [7, 11) is 0. The third-order valence-electron chi connectivity index (χ3n) is 1.48. The van der Waals surface area contributed by atoms with Crippen molar-refractivity contribution in [3.05, 3.63) is 0 Å². The molecule has 0 radical (unpaired) electrons. The summed E-state index contributed by atoms with van der Waals surface area (Å²) in [5, 5.41) is 0. The normalized spacial score (nSPS) is 18.0. The van der Waals surface area contributed by atoms with Gasteiger partial charge in [0.2, 0.25) is 0 Å². The van der Waals surface area contributed by atoms with E-state index in [1.54, 1.807) is 0 Å². The lowest BCUT2D eigenvalue weighted by Crippen LogP contribution is -2.49. The van der Waals surface area contributed by atoms with Gasteiger partial charge < -0.3 is 5.73 Å². The van der Waals surface area contributed by atoms with Gasteiger partial charge in [-0.2, -0.15) is 0 Å². The minimum absolute atomic E-state index is 0.120. The zero-order valence-electron chi connectivity index (χ0n) is 6.39. The maximum absolute atomic E-state index is 5.61. The molecule has 5 N–H and O–H groups in total. The third kappa shape index (κ3) is 2.79. The molecule has 0 aromatic rings. The molecule has 0 saturated heterocycles. The van der Waals surface area contributed by atoms with Crippen LogP contribution < -0.4 is 17.0 Å². The summed E-state index contributed by atoms with van der Waals surface area (Å²) in [6.07, 6.45) is 0. The highest BCUT2D eigenvalue weighted by Crippen LogP contribution is 2.02. The van der Waals surface area contributed by atoms with E-state index in [2.05, 4.69) is 19.3 Å². The van der Waals surface area contributed by atoms with E-state index in [0.717, 1.165) is 0 Å². The topological polar surface area (TPSA) is 64.1 Å². The molecule has 2 unspecified atom stereocenters. The van der Waals surface area contributed by atoms with E-state index < -0.39 is 0 Å². The maximum atomic E-state index is 5.61. The minimum Gasteiger partial charge on any atom is -0.326 e. The van der Waals surface area contributed by atoms with Crippen LogP contribution in [0.1, 0.15) is 20.8 Å². The summed E-state index contributed by atoms with van der Waals surface area (Å²) in [4.78, 5) is 0. The molecule has 0 fully saturated rings. The van der Waals surface area contributed by atoms with Crippen molar-refractivity contribution >= 4 is 0 Å². The van der Waals surface area contributed by atoms with Gasteiger partial charge >= 0.3 is 0 Å². The van der Waals surface area contributed by atoms with Crippen LogP contribution in [0.25, 0.3) is 0 Å².